The number of benzene rings is 3. The molecular weight excluding hydrogens is 396 g/mol. The maximum Gasteiger partial charge on any atom is 0.342 e. The van der Waals surface area contributed by atoms with Gasteiger partial charge in [0.05, 0.1) is 16.0 Å². The highest BCUT2D eigenvalue weighted by Crippen LogP contribution is 2.28. The molecule has 8 heteroatoms. The maximum atomic E-state index is 13.2. The second kappa shape index (κ2) is 7.83. The van der Waals surface area contributed by atoms with Crippen molar-refractivity contribution in [2.24, 2.45) is 0 Å². The van der Waals surface area contributed by atoms with Crippen LogP contribution in [0.25, 0.3) is 27.7 Å². The fourth-order valence-electron chi connectivity index (χ4n) is 3.41. The second-order valence-electron chi connectivity index (χ2n) is 7.15. The van der Waals surface area contributed by atoms with E-state index in [9.17, 15) is 19.7 Å². The number of aromatic nitrogens is 2. The third-order valence-electron chi connectivity index (χ3n) is 4.92. The lowest BCUT2D eigenvalue weighted by Crippen LogP contribution is -2.24. The summed E-state index contributed by atoms with van der Waals surface area (Å²) < 4.78 is 1.07. The van der Waals surface area contributed by atoms with Gasteiger partial charge >= 0.3 is 5.69 Å². The number of carbonyl (C=O) groups is 1. The van der Waals surface area contributed by atoms with Crippen molar-refractivity contribution in [1.29, 1.82) is 0 Å². The molecule has 0 aliphatic carbocycles. The molecule has 154 valence electrons. The van der Waals surface area contributed by atoms with Gasteiger partial charge in [-0.25, -0.2) is 5.21 Å². The maximum absolute atomic E-state index is 13.2. The summed E-state index contributed by atoms with van der Waals surface area (Å²) in [6.45, 7) is 0. The summed E-state index contributed by atoms with van der Waals surface area (Å²) >= 11 is 0. The molecule has 1 amide bonds. The number of fused-ring (bicyclic) bond motifs is 1. The lowest BCUT2D eigenvalue weighted by molar-refractivity contribution is -0.729. The van der Waals surface area contributed by atoms with Gasteiger partial charge in [0.25, 0.3) is 16.4 Å². The van der Waals surface area contributed by atoms with Crippen LogP contribution >= 0.6 is 0 Å². The first-order valence-corrected chi connectivity index (χ1v) is 9.48. The number of nitrogens with zero attached hydrogens (tertiary/aromatic N) is 4. The summed E-state index contributed by atoms with van der Waals surface area (Å²) in [7, 11) is 3.15. The quantitative estimate of drug-likeness (QED) is 0.514. The van der Waals surface area contributed by atoms with Crippen molar-refractivity contribution < 1.29 is 14.9 Å². The Labute approximate surface area is 177 Å². The SMILES string of the molecule is CN(C)C(=O)c1ccc(-n2nc(-c3ccccc3)c3ccccc3c2=O)c([N+](=O)O)c1. The van der Waals surface area contributed by atoms with Crippen LogP contribution < -0.4 is 5.56 Å². The Morgan fingerprint density at radius 1 is 0.968 bits per heavy atom. The monoisotopic (exact) mass is 415 g/mol. The van der Waals surface area contributed by atoms with Crippen molar-refractivity contribution in [3.63, 3.8) is 0 Å². The van der Waals surface area contributed by atoms with Crippen LogP contribution in [-0.4, -0.2) is 44.8 Å². The Kier molecular flexibility index (Phi) is 5.04. The van der Waals surface area contributed by atoms with E-state index in [2.05, 4.69) is 5.10 Å². The van der Waals surface area contributed by atoms with Gasteiger partial charge in [-0.1, -0.05) is 48.5 Å². The Bertz CT molecular complexity index is 1380. The van der Waals surface area contributed by atoms with Crippen molar-refractivity contribution in [1.82, 2.24) is 14.7 Å². The minimum absolute atomic E-state index is 0.0562. The van der Waals surface area contributed by atoms with Crippen LogP contribution in [0.2, 0.25) is 0 Å². The average Bonchev–Trinajstić information content (AvgIpc) is 2.79. The number of hydrogen-bond acceptors (Lipinski definition) is 4. The topological polar surface area (TPSA) is 95.5 Å². The summed E-state index contributed by atoms with van der Waals surface area (Å²) in [5.41, 5.74) is 0.861. The van der Waals surface area contributed by atoms with Gasteiger partial charge in [-0.05, 0) is 18.2 Å². The zero-order valence-electron chi connectivity index (χ0n) is 16.9. The molecule has 0 fully saturated rings. The first kappa shape index (κ1) is 20.0. The van der Waals surface area contributed by atoms with E-state index in [1.807, 2.05) is 42.5 Å². The van der Waals surface area contributed by atoms with Gasteiger partial charge in [0.1, 0.15) is 0 Å². The van der Waals surface area contributed by atoms with E-state index in [-0.39, 0.29) is 27.8 Å². The molecule has 0 saturated carbocycles. The van der Waals surface area contributed by atoms with E-state index in [1.165, 1.54) is 23.1 Å². The van der Waals surface area contributed by atoms with Crippen molar-refractivity contribution in [3.05, 3.63) is 93.6 Å². The molecule has 0 radical (unpaired) electrons. The molecule has 8 nitrogen and oxygen atoms in total. The summed E-state index contributed by atoms with van der Waals surface area (Å²) in [6, 6.07) is 20.5. The fourth-order valence-corrected chi connectivity index (χ4v) is 3.41. The number of amides is 1. The molecule has 0 bridgehead atoms. The van der Waals surface area contributed by atoms with Gasteiger partial charge in [0.15, 0.2) is 5.69 Å². The van der Waals surface area contributed by atoms with Crippen LogP contribution in [0.5, 0.6) is 0 Å². The van der Waals surface area contributed by atoms with Crippen molar-refractivity contribution >= 4 is 22.4 Å². The second-order valence-corrected chi connectivity index (χ2v) is 7.15. The van der Waals surface area contributed by atoms with Crippen LogP contribution in [0.15, 0.2) is 77.6 Å². The summed E-state index contributed by atoms with van der Waals surface area (Å²) in [6.07, 6.45) is 0. The van der Waals surface area contributed by atoms with Crippen molar-refractivity contribution in [2.45, 2.75) is 0 Å². The highest BCUT2D eigenvalue weighted by atomic mass is 16.6. The van der Waals surface area contributed by atoms with Crippen molar-refractivity contribution in [3.8, 4) is 16.9 Å². The molecule has 31 heavy (non-hydrogen) atoms. The Hall–Kier alpha value is -4.33. The molecule has 0 unspecified atom stereocenters. The zero-order chi connectivity index (χ0) is 22.1. The first-order chi connectivity index (χ1) is 14.9. The largest absolute Gasteiger partial charge is 0.345 e. The molecule has 0 atom stereocenters. The first-order valence-electron chi connectivity index (χ1n) is 9.48. The van der Waals surface area contributed by atoms with Crippen LogP contribution in [0, 0.1) is 4.91 Å². The molecule has 0 spiro atoms. The summed E-state index contributed by atoms with van der Waals surface area (Å²) in [5, 5.41) is 15.3. The molecule has 0 aliphatic heterocycles. The van der Waals surface area contributed by atoms with Crippen LogP contribution in [0.4, 0.5) is 5.69 Å². The fraction of sp³-hybridized carbons (Fsp3) is 0.0870. The van der Waals surface area contributed by atoms with E-state index in [4.69, 9.17) is 0 Å². The number of rotatable bonds is 4. The standard InChI is InChI=1S/C23H19N4O4/c1-25(2)22(28)16-12-13-19(20(14-16)27(30)31)26-23(29)18-11-7-6-10-17(18)21(24-26)15-8-4-3-5-9-15/h3-14H,1-2H3,(H,30,31)/q+1. The highest BCUT2D eigenvalue weighted by molar-refractivity contribution is 5.96. The average molecular weight is 415 g/mol. The predicted octanol–water partition coefficient (Wildman–Crippen LogP) is 3.55. The molecule has 4 rings (SSSR count). The summed E-state index contributed by atoms with van der Waals surface area (Å²) in [4.78, 5) is 38.4. The Morgan fingerprint density at radius 3 is 2.26 bits per heavy atom. The third kappa shape index (κ3) is 3.55. The highest BCUT2D eigenvalue weighted by Gasteiger charge is 2.26. The van der Waals surface area contributed by atoms with E-state index >= 15 is 0 Å². The van der Waals surface area contributed by atoms with Gasteiger partial charge in [0, 0.05) is 36.7 Å². The Balaban J connectivity index is 2.03. The molecule has 1 heterocycles. The van der Waals surface area contributed by atoms with E-state index in [0.717, 1.165) is 10.2 Å². The van der Waals surface area contributed by atoms with Gasteiger partial charge < -0.3 is 4.90 Å². The summed E-state index contributed by atoms with van der Waals surface area (Å²) in [5.74, 6) is -0.349. The molecule has 4 aromatic rings. The molecular formula is C23H19N4O4+. The van der Waals surface area contributed by atoms with Gasteiger partial charge in [-0.3, -0.25) is 9.59 Å². The Morgan fingerprint density at radius 2 is 1.61 bits per heavy atom. The smallest absolute Gasteiger partial charge is 0.342 e. The molecule has 1 N–H and O–H groups in total. The molecule has 3 aromatic carbocycles. The third-order valence-corrected chi connectivity index (χ3v) is 4.92. The van der Waals surface area contributed by atoms with Crippen molar-refractivity contribution in [2.75, 3.05) is 14.1 Å². The predicted molar refractivity (Wildman–Crippen MR) is 116 cm³/mol. The normalized spacial score (nSPS) is 10.8. The van der Waals surface area contributed by atoms with Crippen LogP contribution in [0.3, 0.4) is 0 Å². The molecule has 0 saturated heterocycles. The molecule has 1 aromatic heterocycles. The van der Waals surface area contributed by atoms with E-state index in [0.29, 0.717) is 16.5 Å². The van der Waals surface area contributed by atoms with Gasteiger partial charge in [0.2, 0.25) is 0 Å². The lowest BCUT2D eigenvalue weighted by atomic mass is 10.0. The van der Waals surface area contributed by atoms with E-state index in [1.54, 1.807) is 26.2 Å². The minimum atomic E-state index is -0.454. The van der Waals surface area contributed by atoms with Crippen LogP contribution in [-0.2, 0) is 0 Å². The van der Waals surface area contributed by atoms with Crippen LogP contribution in [0.1, 0.15) is 10.4 Å². The zero-order valence-corrected chi connectivity index (χ0v) is 16.9. The molecule has 0 aliphatic rings. The number of hydrogen-bond donors (Lipinski definition) is 1. The van der Waals surface area contributed by atoms with Gasteiger partial charge in [-0.2, -0.15) is 9.78 Å². The minimum Gasteiger partial charge on any atom is -0.345 e. The van der Waals surface area contributed by atoms with E-state index < -0.39 is 5.56 Å². The lowest BCUT2D eigenvalue weighted by Gasteiger charge is -2.13. The van der Waals surface area contributed by atoms with Gasteiger partial charge in [-0.15, -0.1) is 0 Å². The number of carbonyl (C=O) groups excluding carboxylic acids is 1.